The smallest absolute Gasteiger partial charge is 0.242 e. The molecule has 0 aliphatic rings. The number of nitrogens with zero attached hydrogens (tertiary/aromatic N) is 2. The number of anilines is 1. The Morgan fingerprint density at radius 2 is 1.70 bits per heavy atom. The Bertz CT molecular complexity index is 683. The van der Waals surface area contributed by atoms with E-state index in [1.807, 2.05) is 61.5 Å². The second-order valence-electron chi connectivity index (χ2n) is 5.68. The first-order valence-electron chi connectivity index (χ1n) is 7.60. The van der Waals surface area contributed by atoms with E-state index in [4.69, 9.17) is 0 Å². The largest absolute Gasteiger partial charge is 0.340 e. The third-order valence-corrected chi connectivity index (χ3v) is 3.68. The van der Waals surface area contributed by atoms with Crippen LogP contribution >= 0.6 is 0 Å². The first kappa shape index (κ1) is 16.7. The molecule has 2 amide bonds. The van der Waals surface area contributed by atoms with Crippen LogP contribution in [0.1, 0.15) is 18.1 Å². The molecule has 4 heteroatoms. The normalized spacial score (nSPS) is 10.2. The molecule has 0 saturated carbocycles. The lowest BCUT2D eigenvalue weighted by Crippen LogP contribution is -2.40. The zero-order chi connectivity index (χ0) is 16.8. The lowest BCUT2D eigenvalue weighted by molar-refractivity contribution is -0.130. The SMILES string of the molecule is CC(=O)N(CC(=O)N(C)Cc1ccccc1)c1cccc(C)c1. The maximum absolute atomic E-state index is 12.5. The molecular weight excluding hydrogens is 288 g/mol. The summed E-state index contributed by atoms with van der Waals surface area (Å²) in [5.41, 5.74) is 2.87. The summed E-state index contributed by atoms with van der Waals surface area (Å²) in [6, 6.07) is 17.4. The maximum Gasteiger partial charge on any atom is 0.242 e. The molecule has 0 spiro atoms. The number of hydrogen-bond acceptors (Lipinski definition) is 2. The fourth-order valence-corrected chi connectivity index (χ4v) is 2.38. The van der Waals surface area contributed by atoms with Crippen LogP contribution in [0, 0.1) is 6.92 Å². The Hall–Kier alpha value is -2.62. The summed E-state index contributed by atoms with van der Waals surface area (Å²) in [5.74, 6) is -0.234. The Labute approximate surface area is 137 Å². The quantitative estimate of drug-likeness (QED) is 0.852. The summed E-state index contributed by atoms with van der Waals surface area (Å²) in [5, 5.41) is 0. The zero-order valence-corrected chi connectivity index (χ0v) is 13.8. The number of carbonyl (C=O) groups excluding carboxylic acids is 2. The van der Waals surface area contributed by atoms with Gasteiger partial charge in [-0.05, 0) is 30.2 Å². The number of likely N-dealkylation sites (N-methyl/N-ethyl adjacent to an activating group) is 1. The van der Waals surface area contributed by atoms with Gasteiger partial charge in [-0.15, -0.1) is 0 Å². The number of aryl methyl sites for hydroxylation is 1. The van der Waals surface area contributed by atoms with E-state index in [0.717, 1.165) is 16.8 Å². The van der Waals surface area contributed by atoms with Crippen LogP contribution in [-0.2, 0) is 16.1 Å². The Balaban J connectivity index is 2.07. The van der Waals surface area contributed by atoms with Crippen molar-refractivity contribution in [3.05, 3.63) is 65.7 Å². The van der Waals surface area contributed by atoms with Crippen LogP contribution in [0.2, 0.25) is 0 Å². The Morgan fingerprint density at radius 3 is 2.30 bits per heavy atom. The summed E-state index contributed by atoms with van der Waals surface area (Å²) in [4.78, 5) is 27.5. The Kier molecular flexibility index (Phi) is 5.52. The minimum atomic E-state index is -0.142. The van der Waals surface area contributed by atoms with Gasteiger partial charge in [0, 0.05) is 26.2 Å². The standard InChI is InChI=1S/C19H22N2O2/c1-15-8-7-11-18(12-15)21(16(2)22)14-19(23)20(3)13-17-9-5-4-6-10-17/h4-12H,13-14H2,1-3H3. The summed E-state index contributed by atoms with van der Waals surface area (Å²) < 4.78 is 0. The van der Waals surface area contributed by atoms with Crippen molar-refractivity contribution in [1.29, 1.82) is 0 Å². The van der Waals surface area contributed by atoms with Crippen molar-refractivity contribution in [3.63, 3.8) is 0 Å². The predicted octanol–water partition coefficient (Wildman–Crippen LogP) is 3.01. The van der Waals surface area contributed by atoms with Gasteiger partial charge >= 0.3 is 0 Å². The van der Waals surface area contributed by atoms with Gasteiger partial charge in [-0.1, -0.05) is 42.5 Å². The van der Waals surface area contributed by atoms with Gasteiger partial charge in [0.25, 0.3) is 0 Å². The fraction of sp³-hybridized carbons (Fsp3) is 0.263. The van der Waals surface area contributed by atoms with Crippen molar-refractivity contribution >= 4 is 17.5 Å². The second-order valence-corrected chi connectivity index (χ2v) is 5.68. The molecule has 0 unspecified atom stereocenters. The highest BCUT2D eigenvalue weighted by Gasteiger charge is 2.18. The van der Waals surface area contributed by atoms with E-state index >= 15 is 0 Å². The molecule has 0 atom stereocenters. The van der Waals surface area contributed by atoms with Gasteiger partial charge < -0.3 is 9.80 Å². The molecule has 0 aliphatic carbocycles. The monoisotopic (exact) mass is 310 g/mol. The minimum absolute atomic E-state index is 0.0438. The molecule has 0 fully saturated rings. The van der Waals surface area contributed by atoms with Crippen LogP contribution in [0.3, 0.4) is 0 Å². The highest BCUT2D eigenvalue weighted by atomic mass is 16.2. The van der Waals surface area contributed by atoms with Gasteiger partial charge in [0.05, 0.1) is 0 Å². The first-order valence-corrected chi connectivity index (χ1v) is 7.60. The average molecular weight is 310 g/mol. The number of hydrogen-bond donors (Lipinski definition) is 0. The van der Waals surface area contributed by atoms with Crippen LogP contribution in [0.15, 0.2) is 54.6 Å². The third-order valence-electron chi connectivity index (χ3n) is 3.68. The molecule has 120 valence electrons. The molecule has 0 N–H and O–H groups in total. The van der Waals surface area contributed by atoms with Crippen LogP contribution in [0.25, 0.3) is 0 Å². The zero-order valence-electron chi connectivity index (χ0n) is 13.8. The van der Waals surface area contributed by atoms with Gasteiger partial charge in [-0.3, -0.25) is 9.59 Å². The van der Waals surface area contributed by atoms with Crippen LogP contribution < -0.4 is 4.90 Å². The molecule has 0 radical (unpaired) electrons. The molecule has 0 bridgehead atoms. The summed E-state index contributed by atoms with van der Waals surface area (Å²) in [6.07, 6.45) is 0. The van der Waals surface area contributed by atoms with E-state index in [1.54, 1.807) is 11.9 Å². The van der Waals surface area contributed by atoms with Gasteiger partial charge in [-0.25, -0.2) is 0 Å². The van der Waals surface area contributed by atoms with Crippen molar-refractivity contribution in [2.45, 2.75) is 20.4 Å². The summed E-state index contributed by atoms with van der Waals surface area (Å²) in [6.45, 7) is 4.01. The minimum Gasteiger partial charge on any atom is -0.340 e. The second kappa shape index (κ2) is 7.58. The Morgan fingerprint density at radius 1 is 1.00 bits per heavy atom. The van der Waals surface area contributed by atoms with Gasteiger partial charge in [-0.2, -0.15) is 0 Å². The number of carbonyl (C=O) groups is 2. The van der Waals surface area contributed by atoms with E-state index < -0.39 is 0 Å². The lowest BCUT2D eigenvalue weighted by Gasteiger charge is -2.24. The van der Waals surface area contributed by atoms with Crippen molar-refractivity contribution in [3.8, 4) is 0 Å². The number of benzene rings is 2. The summed E-state index contributed by atoms with van der Waals surface area (Å²) >= 11 is 0. The molecule has 0 aromatic heterocycles. The first-order chi connectivity index (χ1) is 11.0. The van der Waals surface area contributed by atoms with E-state index in [2.05, 4.69) is 0 Å². The number of rotatable bonds is 5. The van der Waals surface area contributed by atoms with E-state index in [1.165, 1.54) is 11.8 Å². The lowest BCUT2D eigenvalue weighted by atomic mass is 10.2. The molecule has 2 aromatic rings. The molecule has 0 heterocycles. The molecule has 2 rings (SSSR count). The van der Waals surface area contributed by atoms with Gasteiger partial charge in [0.15, 0.2) is 0 Å². The van der Waals surface area contributed by atoms with Crippen molar-refractivity contribution in [2.24, 2.45) is 0 Å². The third kappa shape index (κ3) is 4.68. The highest BCUT2D eigenvalue weighted by Crippen LogP contribution is 2.16. The van der Waals surface area contributed by atoms with E-state index in [9.17, 15) is 9.59 Å². The molecular formula is C19H22N2O2. The highest BCUT2D eigenvalue weighted by molar-refractivity contribution is 5.97. The van der Waals surface area contributed by atoms with Gasteiger partial charge in [0.1, 0.15) is 6.54 Å². The molecule has 23 heavy (non-hydrogen) atoms. The maximum atomic E-state index is 12.5. The van der Waals surface area contributed by atoms with Crippen molar-refractivity contribution in [1.82, 2.24) is 4.90 Å². The van der Waals surface area contributed by atoms with Crippen molar-refractivity contribution < 1.29 is 9.59 Å². The van der Waals surface area contributed by atoms with E-state index in [-0.39, 0.29) is 18.4 Å². The average Bonchev–Trinajstić information content (AvgIpc) is 2.53. The predicted molar refractivity (Wildman–Crippen MR) is 92.1 cm³/mol. The molecule has 4 nitrogen and oxygen atoms in total. The summed E-state index contributed by atoms with van der Waals surface area (Å²) in [7, 11) is 1.75. The molecule has 0 saturated heterocycles. The molecule has 0 aliphatic heterocycles. The molecule has 2 aromatic carbocycles. The fourth-order valence-electron chi connectivity index (χ4n) is 2.38. The number of amides is 2. The van der Waals surface area contributed by atoms with E-state index in [0.29, 0.717) is 6.54 Å². The van der Waals surface area contributed by atoms with Crippen molar-refractivity contribution in [2.75, 3.05) is 18.5 Å². The van der Waals surface area contributed by atoms with Crippen LogP contribution in [0.5, 0.6) is 0 Å². The van der Waals surface area contributed by atoms with Crippen LogP contribution in [-0.4, -0.2) is 30.3 Å². The van der Waals surface area contributed by atoms with Crippen LogP contribution in [0.4, 0.5) is 5.69 Å². The topological polar surface area (TPSA) is 40.6 Å². The van der Waals surface area contributed by atoms with Gasteiger partial charge in [0.2, 0.25) is 11.8 Å².